The molecule has 19 heavy (non-hydrogen) atoms. The molecule has 0 aliphatic carbocycles. The van der Waals surface area contributed by atoms with Crippen molar-refractivity contribution in [3.05, 3.63) is 46.3 Å². The molecule has 0 aromatic carbocycles. The predicted octanol–water partition coefficient (Wildman–Crippen LogP) is 2.48. The molecular formula is C12H13N5O2. The van der Waals surface area contributed by atoms with E-state index in [-0.39, 0.29) is 5.69 Å². The van der Waals surface area contributed by atoms with Crippen molar-refractivity contribution in [2.75, 3.05) is 17.7 Å². The molecule has 2 aromatic heterocycles. The van der Waals surface area contributed by atoms with E-state index in [1.165, 1.54) is 12.3 Å². The van der Waals surface area contributed by atoms with Gasteiger partial charge in [-0.3, -0.25) is 10.1 Å². The number of nitrogens with one attached hydrogen (secondary N) is 2. The van der Waals surface area contributed by atoms with Gasteiger partial charge in [0.15, 0.2) is 0 Å². The molecule has 0 spiro atoms. The summed E-state index contributed by atoms with van der Waals surface area (Å²) in [6.07, 6.45) is 2.89. The number of hydrogen-bond acceptors (Lipinski definition) is 6. The summed E-state index contributed by atoms with van der Waals surface area (Å²) in [5, 5.41) is 16.6. The fraction of sp³-hybridized carbons (Fsp3) is 0.167. The van der Waals surface area contributed by atoms with Gasteiger partial charge in [0.25, 0.3) is 5.69 Å². The molecule has 0 amide bonds. The molecule has 0 fully saturated rings. The number of nitro groups is 1. The van der Waals surface area contributed by atoms with Crippen LogP contribution in [0.5, 0.6) is 0 Å². The Morgan fingerprint density at radius 1 is 1.26 bits per heavy atom. The lowest BCUT2D eigenvalue weighted by Gasteiger charge is -2.08. The third-order valence-corrected chi connectivity index (χ3v) is 2.56. The Morgan fingerprint density at radius 2 is 2.05 bits per heavy atom. The second kappa shape index (κ2) is 5.30. The average Bonchev–Trinajstić information content (AvgIpc) is 2.41. The maximum atomic E-state index is 10.6. The molecule has 2 heterocycles. The number of pyridine rings is 2. The largest absolute Gasteiger partial charge is 0.373 e. The summed E-state index contributed by atoms with van der Waals surface area (Å²) < 4.78 is 0. The first-order chi connectivity index (χ1) is 9.10. The lowest BCUT2D eigenvalue weighted by molar-refractivity contribution is -0.385. The van der Waals surface area contributed by atoms with E-state index in [2.05, 4.69) is 20.6 Å². The fourth-order valence-corrected chi connectivity index (χ4v) is 1.54. The molecular weight excluding hydrogens is 246 g/mol. The van der Waals surface area contributed by atoms with Crippen LogP contribution in [0.2, 0.25) is 0 Å². The molecule has 0 saturated heterocycles. The van der Waals surface area contributed by atoms with Crippen molar-refractivity contribution in [1.29, 1.82) is 0 Å². The van der Waals surface area contributed by atoms with E-state index in [1.807, 2.05) is 12.1 Å². The van der Waals surface area contributed by atoms with E-state index in [1.54, 1.807) is 20.2 Å². The fourth-order valence-electron chi connectivity index (χ4n) is 1.54. The lowest BCUT2D eigenvalue weighted by atomic mass is 10.2. The summed E-state index contributed by atoms with van der Waals surface area (Å²) in [6, 6.07) is 5.15. The summed E-state index contributed by atoms with van der Waals surface area (Å²) in [5.41, 5.74) is 1.45. The van der Waals surface area contributed by atoms with Crippen LogP contribution in [0.25, 0.3) is 0 Å². The minimum Gasteiger partial charge on any atom is -0.373 e. The molecule has 0 unspecified atom stereocenters. The zero-order valence-electron chi connectivity index (χ0n) is 10.5. The molecule has 7 nitrogen and oxygen atoms in total. The van der Waals surface area contributed by atoms with Crippen molar-refractivity contribution in [3.8, 4) is 0 Å². The van der Waals surface area contributed by atoms with E-state index in [4.69, 9.17) is 0 Å². The van der Waals surface area contributed by atoms with Crippen LogP contribution in [-0.4, -0.2) is 21.9 Å². The van der Waals surface area contributed by atoms with E-state index >= 15 is 0 Å². The van der Waals surface area contributed by atoms with Gasteiger partial charge in [-0.05, 0) is 24.6 Å². The van der Waals surface area contributed by atoms with E-state index in [0.29, 0.717) is 11.4 Å². The van der Waals surface area contributed by atoms with Crippen molar-refractivity contribution >= 4 is 23.0 Å². The smallest absolute Gasteiger partial charge is 0.287 e. The highest BCUT2D eigenvalue weighted by molar-refractivity contribution is 5.60. The van der Waals surface area contributed by atoms with Gasteiger partial charge in [-0.2, -0.15) is 0 Å². The summed E-state index contributed by atoms with van der Waals surface area (Å²) in [6.45, 7) is 1.76. The third kappa shape index (κ3) is 2.95. The van der Waals surface area contributed by atoms with Crippen LogP contribution in [0.4, 0.5) is 23.0 Å². The maximum Gasteiger partial charge on any atom is 0.287 e. The highest BCUT2D eigenvalue weighted by Crippen LogP contribution is 2.21. The highest BCUT2D eigenvalue weighted by atomic mass is 16.6. The van der Waals surface area contributed by atoms with Crippen molar-refractivity contribution < 1.29 is 4.92 Å². The Kier molecular flexibility index (Phi) is 3.56. The van der Waals surface area contributed by atoms with Gasteiger partial charge >= 0.3 is 0 Å². The topological polar surface area (TPSA) is 93.0 Å². The van der Waals surface area contributed by atoms with Crippen molar-refractivity contribution in [1.82, 2.24) is 9.97 Å². The zero-order valence-corrected chi connectivity index (χ0v) is 10.5. The Hall–Kier alpha value is -2.70. The Bertz CT molecular complexity index is 598. The quantitative estimate of drug-likeness (QED) is 0.647. The van der Waals surface area contributed by atoms with E-state index in [9.17, 15) is 10.1 Å². The minimum absolute atomic E-state index is 0.0216. The number of rotatable bonds is 4. The lowest BCUT2D eigenvalue weighted by Crippen LogP contribution is -1.99. The number of aromatic nitrogens is 2. The Balaban J connectivity index is 2.20. The first kappa shape index (κ1) is 12.7. The van der Waals surface area contributed by atoms with Gasteiger partial charge in [-0.15, -0.1) is 0 Å². The molecule has 0 aliphatic heterocycles. The van der Waals surface area contributed by atoms with Crippen LogP contribution in [0, 0.1) is 17.0 Å². The molecule has 98 valence electrons. The molecule has 0 radical (unpaired) electrons. The SMILES string of the molecule is CNc1ccc(Nc2ncc([N+](=O)[O-])cc2C)cn1. The molecule has 0 saturated carbocycles. The number of anilines is 3. The van der Waals surface area contributed by atoms with Gasteiger partial charge in [-0.25, -0.2) is 9.97 Å². The average molecular weight is 259 g/mol. The number of nitrogens with zero attached hydrogens (tertiary/aromatic N) is 3. The van der Waals surface area contributed by atoms with Crippen LogP contribution in [-0.2, 0) is 0 Å². The van der Waals surface area contributed by atoms with Crippen LogP contribution >= 0.6 is 0 Å². The van der Waals surface area contributed by atoms with Crippen molar-refractivity contribution in [2.24, 2.45) is 0 Å². The standard InChI is InChI=1S/C12H13N5O2/c1-8-5-10(17(18)19)7-15-12(8)16-9-3-4-11(13-2)14-6-9/h3-7H,1-2H3,(H,13,14)(H,15,16). The normalized spacial score (nSPS) is 10.0. The van der Waals surface area contributed by atoms with E-state index < -0.39 is 4.92 Å². The third-order valence-electron chi connectivity index (χ3n) is 2.56. The second-order valence-corrected chi connectivity index (χ2v) is 3.92. The molecule has 2 N–H and O–H groups in total. The molecule has 0 bridgehead atoms. The maximum absolute atomic E-state index is 10.6. The minimum atomic E-state index is -0.465. The molecule has 7 heteroatoms. The summed E-state index contributed by atoms with van der Waals surface area (Å²) in [4.78, 5) is 18.4. The monoisotopic (exact) mass is 259 g/mol. The van der Waals surface area contributed by atoms with Crippen LogP contribution < -0.4 is 10.6 Å². The van der Waals surface area contributed by atoms with E-state index in [0.717, 1.165) is 11.5 Å². The first-order valence-corrected chi connectivity index (χ1v) is 5.62. The van der Waals surface area contributed by atoms with Gasteiger partial charge < -0.3 is 10.6 Å². The van der Waals surface area contributed by atoms with Gasteiger partial charge in [-0.1, -0.05) is 0 Å². The van der Waals surface area contributed by atoms with Gasteiger partial charge in [0.05, 0.1) is 16.8 Å². The Morgan fingerprint density at radius 3 is 2.58 bits per heavy atom. The summed E-state index contributed by atoms with van der Waals surface area (Å²) in [5.74, 6) is 1.34. The zero-order chi connectivity index (χ0) is 13.8. The highest BCUT2D eigenvalue weighted by Gasteiger charge is 2.09. The predicted molar refractivity (Wildman–Crippen MR) is 72.7 cm³/mol. The molecule has 0 atom stereocenters. The van der Waals surface area contributed by atoms with Crippen molar-refractivity contribution in [3.63, 3.8) is 0 Å². The number of aryl methyl sites for hydroxylation is 1. The second-order valence-electron chi connectivity index (χ2n) is 3.92. The summed E-state index contributed by atoms with van der Waals surface area (Å²) >= 11 is 0. The molecule has 2 rings (SSSR count). The molecule has 2 aromatic rings. The van der Waals surface area contributed by atoms with Crippen molar-refractivity contribution in [2.45, 2.75) is 6.92 Å². The number of hydrogen-bond donors (Lipinski definition) is 2. The van der Waals surface area contributed by atoms with Crippen LogP contribution in [0.3, 0.4) is 0 Å². The van der Waals surface area contributed by atoms with Gasteiger partial charge in [0.2, 0.25) is 0 Å². The summed E-state index contributed by atoms with van der Waals surface area (Å²) in [7, 11) is 1.79. The Labute approximate surface area is 109 Å². The van der Waals surface area contributed by atoms with Gasteiger partial charge in [0, 0.05) is 13.1 Å². The van der Waals surface area contributed by atoms with Gasteiger partial charge in [0.1, 0.15) is 17.8 Å². The van der Waals surface area contributed by atoms with Crippen LogP contribution in [0.15, 0.2) is 30.6 Å². The van der Waals surface area contributed by atoms with Crippen LogP contribution in [0.1, 0.15) is 5.56 Å². The molecule has 0 aliphatic rings. The first-order valence-electron chi connectivity index (χ1n) is 5.62.